The summed E-state index contributed by atoms with van der Waals surface area (Å²) < 4.78 is 55.4. The van der Waals surface area contributed by atoms with Gasteiger partial charge in [0.2, 0.25) is 10.0 Å². The number of nitrogens with one attached hydrogen (secondary N) is 1. The maximum atomic E-state index is 13.4. The van der Waals surface area contributed by atoms with Crippen LogP contribution in [0.15, 0.2) is 40.0 Å². The average Bonchev–Trinajstić information content (AvgIpc) is 3.50. The van der Waals surface area contributed by atoms with Gasteiger partial charge in [0.1, 0.15) is 5.82 Å². The van der Waals surface area contributed by atoms with Gasteiger partial charge in [-0.2, -0.15) is 5.10 Å². The maximum absolute atomic E-state index is 13.4. The largest absolute Gasteiger partial charge is 0.355 e. The van der Waals surface area contributed by atoms with E-state index in [9.17, 15) is 22.0 Å². The lowest BCUT2D eigenvalue weighted by molar-refractivity contribution is 0.452. The maximum Gasteiger partial charge on any atom is 0.266 e. The lowest BCUT2D eigenvalue weighted by atomic mass is 10.1. The fourth-order valence-electron chi connectivity index (χ4n) is 3.44. The highest BCUT2D eigenvalue weighted by Gasteiger charge is 2.27. The van der Waals surface area contributed by atoms with Gasteiger partial charge in [0.05, 0.1) is 4.90 Å². The van der Waals surface area contributed by atoms with Crippen LogP contribution in [0.1, 0.15) is 25.7 Å². The normalized spacial score (nSPS) is 18.2. The molecule has 0 bridgehead atoms. The molecule has 156 valence electrons. The van der Waals surface area contributed by atoms with Crippen molar-refractivity contribution in [2.75, 3.05) is 18.0 Å². The van der Waals surface area contributed by atoms with Crippen molar-refractivity contribution < 1.29 is 17.2 Å². The van der Waals surface area contributed by atoms with E-state index in [2.05, 4.69) is 9.82 Å². The second-order valence-corrected chi connectivity index (χ2v) is 9.33. The predicted molar refractivity (Wildman–Crippen MR) is 103 cm³/mol. The molecule has 0 amide bonds. The van der Waals surface area contributed by atoms with Crippen molar-refractivity contribution in [1.29, 1.82) is 0 Å². The van der Waals surface area contributed by atoms with Crippen LogP contribution in [0.3, 0.4) is 0 Å². The second kappa shape index (κ2) is 7.83. The zero-order valence-electron chi connectivity index (χ0n) is 15.7. The highest BCUT2D eigenvalue weighted by atomic mass is 32.2. The van der Waals surface area contributed by atoms with Crippen molar-refractivity contribution in [2.24, 2.45) is 5.92 Å². The van der Waals surface area contributed by atoms with Gasteiger partial charge in [-0.1, -0.05) is 0 Å². The Morgan fingerprint density at radius 2 is 1.76 bits per heavy atom. The summed E-state index contributed by atoms with van der Waals surface area (Å²) in [5.74, 6) is -1.05. The number of nitrogens with zero attached hydrogens (tertiary/aromatic N) is 3. The second-order valence-electron chi connectivity index (χ2n) is 7.61. The van der Waals surface area contributed by atoms with E-state index in [0.29, 0.717) is 50.3 Å². The van der Waals surface area contributed by atoms with E-state index in [-0.39, 0.29) is 16.5 Å². The van der Waals surface area contributed by atoms with Gasteiger partial charge in [-0.3, -0.25) is 4.79 Å². The zero-order chi connectivity index (χ0) is 20.6. The molecule has 1 saturated carbocycles. The molecule has 10 heteroatoms. The Hall–Kier alpha value is -2.33. The lowest BCUT2D eigenvalue weighted by Crippen LogP contribution is -2.45. The van der Waals surface area contributed by atoms with Gasteiger partial charge in [-0.25, -0.2) is 26.6 Å². The van der Waals surface area contributed by atoms with Crippen LogP contribution in [0.4, 0.5) is 14.6 Å². The Labute approximate surface area is 167 Å². The fraction of sp³-hybridized carbons (Fsp3) is 0.474. The summed E-state index contributed by atoms with van der Waals surface area (Å²) in [4.78, 5) is 13.7. The van der Waals surface area contributed by atoms with E-state index in [1.807, 2.05) is 4.90 Å². The third kappa shape index (κ3) is 4.64. The van der Waals surface area contributed by atoms with Crippen molar-refractivity contribution in [1.82, 2.24) is 14.5 Å². The van der Waals surface area contributed by atoms with E-state index in [1.54, 1.807) is 6.07 Å². The van der Waals surface area contributed by atoms with Crippen LogP contribution < -0.4 is 15.2 Å². The molecule has 1 aromatic carbocycles. The average molecular weight is 424 g/mol. The smallest absolute Gasteiger partial charge is 0.266 e. The number of benzene rings is 1. The molecule has 2 aliphatic rings. The first-order valence-corrected chi connectivity index (χ1v) is 11.1. The van der Waals surface area contributed by atoms with Gasteiger partial charge in [-0.05, 0) is 55.9 Å². The summed E-state index contributed by atoms with van der Waals surface area (Å²) in [7, 11) is -3.94. The Balaban J connectivity index is 1.39. The molecule has 0 atom stereocenters. The standard InChI is InChI=1S/C19H22F2N4O3S/c20-16-4-3-15(11-17(16)21)29(27,28)23-14-7-9-24(10-8-14)18-5-6-19(26)25(22-18)12-13-1-2-13/h3-6,11,13-14,23H,1-2,7-10,12H2. The molecule has 0 spiro atoms. The Bertz CT molecular complexity index is 1060. The fourth-order valence-corrected chi connectivity index (χ4v) is 4.76. The zero-order valence-corrected chi connectivity index (χ0v) is 16.5. The van der Waals surface area contributed by atoms with Gasteiger partial charge in [0, 0.05) is 31.7 Å². The Morgan fingerprint density at radius 3 is 2.41 bits per heavy atom. The van der Waals surface area contributed by atoms with Crippen LogP contribution in [0.2, 0.25) is 0 Å². The molecule has 0 unspecified atom stereocenters. The van der Waals surface area contributed by atoms with Crippen molar-refractivity contribution in [2.45, 2.75) is 43.2 Å². The molecule has 2 heterocycles. The van der Waals surface area contributed by atoms with Crippen LogP contribution in [-0.2, 0) is 16.6 Å². The van der Waals surface area contributed by atoms with Crippen molar-refractivity contribution in [3.63, 3.8) is 0 Å². The highest BCUT2D eigenvalue weighted by molar-refractivity contribution is 7.89. The molecule has 4 rings (SSSR count). The van der Waals surface area contributed by atoms with Crippen LogP contribution in [0, 0.1) is 17.6 Å². The van der Waals surface area contributed by atoms with Crippen molar-refractivity contribution in [3.8, 4) is 0 Å². The van der Waals surface area contributed by atoms with Gasteiger partial charge in [-0.15, -0.1) is 0 Å². The minimum atomic E-state index is -3.94. The van der Waals surface area contributed by atoms with Crippen LogP contribution in [0.25, 0.3) is 0 Å². The van der Waals surface area contributed by atoms with Gasteiger partial charge in [0.15, 0.2) is 11.6 Å². The molecular weight excluding hydrogens is 402 g/mol. The third-order valence-electron chi connectivity index (χ3n) is 5.32. The number of sulfonamides is 1. The minimum Gasteiger partial charge on any atom is -0.355 e. The Kier molecular flexibility index (Phi) is 5.39. The molecule has 29 heavy (non-hydrogen) atoms. The SMILES string of the molecule is O=c1ccc(N2CCC(NS(=O)(=O)c3ccc(F)c(F)c3)CC2)nn1CC1CC1. The predicted octanol–water partition coefficient (Wildman–Crippen LogP) is 1.88. The van der Waals surface area contributed by atoms with Gasteiger partial charge < -0.3 is 4.90 Å². The van der Waals surface area contributed by atoms with Crippen molar-refractivity contribution >= 4 is 15.8 Å². The lowest BCUT2D eigenvalue weighted by Gasteiger charge is -2.33. The molecule has 1 aliphatic carbocycles. The molecule has 7 nitrogen and oxygen atoms in total. The molecule has 1 aliphatic heterocycles. The quantitative estimate of drug-likeness (QED) is 0.766. The third-order valence-corrected chi connectivity index (χ3v) is 6.84. The van der Waals surface area contributed by atoms with Gasteiger partial charge in [0.25, 0.3) is 5.56 Å². The van der Waals surface area contributed by atoms with Crippen molar-refractivity contribution in [3.05, 3.63) is 52.3 Å². The van der Waals surface area contributed by atoms with E-state index >= 15 is 0 Å². The number of anilines is 1. The van der Waals surface area contributed by atoms with E-state index in [4.69, 9.17) is 0 Å². The molecule has 1 aromatic heterocycles. The summed E-state index contributed by atoms with van der Waals surface area (Å²) in [5.41, 5.74) is -0.116. The first-order valence-electron chi connectivity index (χ1n) is 9.62. The first-order chi connectivity index (χ1) is 13.8. The summed E-state index contributed by atoms with van der Waals surface area (Å²) in [6.07, 6.45) is 3.32. The number of hydrogen-bond acceptors (Lipinski definition) is 5. The molecule has 0 radical (unpaired) electrons. The Morgan fingerprint density at radius 1 is 1.03 bits per heavy atom. The first kappa shape index (κ1) is 20.0. The molecule has 1 saturated heterocycles. The van der Waals surface area contributed by atoms with Gasteiger partial charge >= 0.3 is 0 Å². The van der Waals surface area contributed by atoms with E-state index < -0.39 is 21.7 Å². The molecule has 2 fully saturated rings. The number of halogens is 2. The van der Waals surface area contributed by atoms with Crippen LogP contribution in [-0.4, -0.2) is 37.3 Å². The summed E-state index contributed by atoms with van der Waals surface area (Å²) in [6.45, 7) is 1.77. The summed E-state index contributed by atoms with van der Waals surface area (Å²) in [6, 6.07) is 5.42. The molecule has 1 N–H and O–H groups in total. The number of rotatable bonds is 6. The number of hydrogen-bond donors (Lipinski definition) is 1. The number of piperidine rings is 1. The minimum absolute atomic E-state index is 0.116. The highest BCUT2D eigenvalue weighted by Crippen LogP contribution is 2.30. The summed E-state index contributed by atoms with van der Waals surface area (Å²) >= 11 is 0. The number of aromatic nitrogens is 2. The molecular formula is C19H22F2N4O3S. The summed E-state index contributed by atoms with van der Waals surface area (Å²) in [5, 5.41) is 4.46. The molecule has 2 aromatic rings. The van der Waals surface area contributed by atoms with E-state index in [1.165, 1.54) is 10.7 Å². The van der Waals surface area contributed by atoms with Crippen LogP contribution in [0.5, 0.6) is 0 Å². The monoisotopic (exact) mass is 424 g/mol. The van der Waals surface area contributed by atoms with E-state index in [0.717, 1.165) is 25.0 Å². The topological polar surface area (TPSA) is 84.3 Å². The van der Waals surface area contributed by atoms with Crippen LogP contribution >= 0.6 is 0 Å².